The van der Waals surface area contributed by atoms with Crippen molar-refractivity contribution in [2.24, 2.45) is 0 Å². The molecule has 0 radical (unpaired) electrons. The van der Waals surface area contributed by atoms with Crippen molar-refractivity contribution in [3.63, 3.8) is 0 Å². The van der Waals surface area contributed by atoms with Crippen LogP contribution in [0.15, 0.2) is 24.3 Å². The first-order chi connectivity index (χ1) is 7.22. The minimum Gasteiger partial charge on any atom is -0.380 e. The minimum atomic E-state index is -0.193. The summed E-state index contributed by atoms with van der Waals surface area (Å²) in [6, 6.07) is 6.84. The van der Waals surface area contributed by atoms with Gasteiger partial charge in [-0.3, -0.25) is 0 Å². The number of hydrogen-bond donors (Lipinski definition) is 1. The molecule has 0 aliphatic carbocycles. The zero-order valence-corrected chi connectivity index (χ0v) is 9.29. The topological polar surface area (TPSA) is 21.3 Å². The van der Waals surface area contributed by atoms with Crippen molar-refractivity contribution in [3.05, 3.63) is 35.6 Å². The Morgan fingerprint density at radius 2 is 2.00 bits per heavy atom. The average molecular weight is 211 g/mol. The van der Waals surface area contributed by atoms with Crippen molar-refractivity contribution >= 4 is 0 Å². The van der Waals surface area contributed by atoms with Crippen molar-refractivity contribution in [1.29, 1.82) is 0 Å². The van der Waals surface area contributed by atoms with E-state index in [1.807, 2.05) is 6.92 Å². The highest BCUT2D eigenvalue weighted by atomic mass is 19.1. The second-order valence-corrected chi connectivity index (χ2v) is 3.57. The summed E-state index contributed by atoms with van der Waals surface area (Å²) < 4.78 is 17.9. The van der Waals surface area contributed by atoms with Gasteiger partial charge in [-0.1, -0.05) is 12.1 Å². The van der Waals surface area contributed by atoms with Crippen LogP contribution in [0.3, 0.4) is 0 Å². The zero-order valence-electron chi connectivity index (χ0n) is 9.29. The van der Waals surface area contributed by atoms with Gasteiger partial charge in [-0.2, -0.15) is 0 Å². The Kier molecular flexibility index (Phi) is 5.29. The molecule has 15 heavy (non-hydrogen) atoms. The van der Waals surface area contributed by atoms with Gasteiger partial charge in [-0.15, -0.1) is 0 Å². The van der Waals surface area contributed by atoms with Gasteiger partial charge in [0.1, 0.15) is 5.82 Å². The summed E-state index contributed by atoms with van der Waals surface area (Å²) >= 11 is 0. The first-order valence-electron chi connectivity index (χ1n) is 5.28. The van der Waals surface area contributed by atoms with Gasteiger partial charge < -0.3 is 10.1 Å². The van der Waals surface area contributed by atoms with E-state index < -0.39 is 0 Å². The summed E-state index contributed by atoms with van der Waals surface area (Å²) in [5.41, 5.74) is 1.08. The zero-order chi connectivity index (χ0) is 11.1. The predicted octanol–water partition coefficient (Wildman–Crippen LogP) is 2.34. The summed E-state index contributed by atoms with van der Waals surface area (Å²) in [7, 11) is 0. The van der Waals surface area contributed by atoms with Crippen molar-refractivity contribution in [3.8, 4) is 0 Å². The highest BCUT2D eigenvalue weighted by Gasteiger charge is 2.00. The molecule has 0 saturated heterocycles. The summed E-state index contributed by atoms with van der Waals surface area (Å²) in [6.07, 6.45) is 0. The maximum atomic E-state index is 12.6. The highest BCUT2D eigenvalue weighted by Crippen LogP contribution is 2.02. The minimum absolute atomic E-state index is 0.193. The Balaban J connectivity index is 2.27. The average Bonchev–Trinajstić information content (AvgIpc) is 2.25. The van der Waals surface area contributed by atoms with Crippen LogP contribution in [0.5, 0.6) is 0 Å². The van der Waals surface area contributed by atoms with Crippen LogP contribution in [0.25, 0.3) is 0 Å². The van der Waals surface area contributed by atoms with E-state index in [4.69, 9.17) is 4.74 Å². The monoisotopic (exact) mass is 211 g/mol. The lowest BCUT2D eigenvalue weighted by Gasteiger charge is -2.13. The third kappa shape index (κ3) is 4.91. The van der Waals surface area contributed by atoms with E-state index in [2.05, 4.69) is 12.2 Å². The molecule has 0 bridgehead atoms. The van der Waals surface area contributed by atoms with E-state index in [9.17, 15) is 4.39 Å². The number of halogens is 1. The van der Waals surface area contributed by atoms with Crippen molar-refractivity contribution in [2.75, 3.05) is 13.2 Å². The molecular weight excluding hydrogens is 193 g/mol. The van der Waals surface area contributed by atoms with Gasteiger partial charge >= 0.3 is 0 Å². The molecular formula is C12H18FNO. The van der Waals surface area contributed by atoms with Crippen molar-refractivity contribution in [1.82, 2.24) is 5.32 Å². The molecule has 1 N–H and O–H groups in total. The first kappa shape index (κ1) is 12.1. The van der Waals surface area contributed by atoms with Crippen molar-refractivity contribution in [2.45, 2.75) is 26.4 Å². The van der Waals surface area contributed by atoms with E-state index in [-0.39, 0.29) is 5.82 Å². The van der Waals surface area contributed by atoms with Crippen LogP contribution in [0.4, 0.5) is 4.39 Å². The Hall–Kier alpha value is -0.930. The maximum Gasteiger partial charge on any atom is 0.123 e. The fraction of sp³-hybridized carbons (Fsp3) is 0.500. The fourth-order valence-electron chi connectivity index (χ4n) is 1.25. The van der Waals surface area contributed by atoms with Crippen LogP contribution < -0.4 is 5.32 Å². The van der Waals surface area contributed by atoms with Gasteiger partial charge in [0.25, 0.3) is 0 Å². The van der Waals surface area contributed by atoms with E-state index in [0.29, 0.717) is 12.6 Å². The molecule has 0 aliphatic heterocycles. The van der Waals surface area contributed by atoms with Crippen LogP contribution >= 0.6 is 0 Å². The molecule has 0 saturated carbocycles. The molecule has 3 heteroatoms. The Morgan fingerprint density at radius 3 is 2.60 bits per heavy atom. The molecule has 84 valence electrons. The number of rotatable bonds is 6. The molecule has 0 aliphatic rings. The van der Waals surface area contributed by atoms with E-state index in [1.54, 1.807) is 12.1 Å². The molecule has 2 nitrogen and oxygen atoms in total. The number of benzene rings is 1. The third-order valence-electron chi connectivity index (χ3n) is 2.14. The lowest BCUT2D eigenvalue weighted by atomic mass is 10.2. The molecule has 1 aromatic carbocycles. The van der Waals surface area contributed by atoms with E-state index in [0.717, 1.165) is 18.7 Å². The largest absolute Gasteiger partial charge is 0.380 e. The normalized spacial score (nSPS) is 12.7. The van der Waals surface area contributed by atoms with Crippen LogP contribution in [0.2, 0.25) is 0 Å². The summed E-state index contributed by atoms with van der Waals surface area (Å²) in [6.45, 7) is 6.24. The lowest BCUT2D eigenvalue weighted by molar-refractivity contribution is 0.127. The van der Waals surface area contributed by atoms with Gasteiger partial charge in [0.2, 0.25) is 0 Å². The molecule has 1 unspecified atom stereocenters. The van der Waals surface area contributed by atoms with Gasteiger partial charge in [-0.25, -0.2) is 4.39 Å². The quantitative estimate of drug-likeness (QED) is 0.779. The van der Waals surface area contributed by atoms with E-state index in [1.165, 1.54) is 12.1 Å². The fourth-order valence-corrected chi connectivity index (χ4v) is 1.25. The van der Waals surface area contributed by atoms with Gasteiger partial charge in [-0.05, 0) is 31.5 Å². The second kappa shape index (κ2) is 6.53. The van der Waals surface area contributed by atoms with Crippen LogP contribution in [0.1, 0.15) is 19.4 Å². The smallest absolute Gasteiger partial charge is 0.123 e. The standard InChI is InChI=1S/C12H18FNO/c1-3-15-9-10(2)14-8-11-4-6-12(13)7-5-11/h4-7,10,14H,3,8-9H2,1-2H3. The van der Waals surface area contributed by atoms with E-state index >= 15 is 0 Å². The molecule has 0 amide bonds. The van der Waals surface area contributed by atoms with Crippen LogP contribution in [0, 0.1) is 5.82 Å². The Bertz CT molecular complexity index is 273. The second-order valence-electron chi connectivity index (χ2n) is 3.57. The van der Waals surface area contributed by atoms with Crippen LogP contribution in [-0.2, 0) is 11.3 Å². The summed E-state index contributed by atoms with van der Waals surface area (Å²) in [5.74, 6) is -0.193. The van der Waals surface area contributed by atoms with Gasteiger partial charge in [0, 0.05) is 19.2 Å². The van der Waals surface area contributed by atoms with Crippen LogP contribution in [-0.4, -0.2) is 19.3 Å². The highest BCUT2D eigenvalue weighted by molar-refractivity contribution is 5.15. The van der Waals surface area contributed by atoms with Crippen molar-refractivity contribution < 1.29 is 9.13 Å². The SMILES string of the molecule is CCOCC(C)NCc1ccc(F)cc1. The molecule has 0 heterocycles. The summed E-state index contributed by atoms with van der Waals surface area (Å²) in [5, 5.41) is 3.31. The Labute approximate surface area is 90.4 Å². The Morgan fingerprint density at radius 1 is 1.33 bits per heavy atom. The predicted molar refractivity (Wildman–Crippen MR) is 59.2 cm³/mol. The van der Waals surface area contributed by atoms with Gasteiger partial charge in [0.05, 0.1) is 6.61 Å². The number of ether oxygens (including phenoxy) is 1. The van der Waals surface area contributed by atoms with Gasteiger partial charge in [0.15, 0.2) is 0 Å². The number of hydrogen-bond acceptors (Lipinski definition) is 2. The first-order valence-corrected chi connectivity index (χ1v) is 5.28. The molecule has 0 spiro atoms. The number of nitrogens with one attached hydrogen (secondary N) is 1. The summed E-state index contributed by atoms with van der Waals surface area (Å²) in [4.78, 5) is 0. The lowest BCUT2D eigenvalue weighted by Crippen LogP contribution is -2.30. The maximum absolute atomic E-state index is 12.6. The molecule has 0 fully saturated rings. The molecule has 1 rings (SSSR count). The molecule has 1 aromatic rings. The molecule has 0 aromatic heterocycles. The third-order valence-corrected chi connectivity index (χ3v) is 2.14. The molecule has 1 atom stereocenters.